The quantitative estimate of drug-likeness (QED) is 0.708. The third-order valence-corrected chi connectivity index (χ3v) is 4.40. The smallest absolute Gasteiger partial charge is 0.139 e. The molecule has 3 aromatic heterocycles. The number of pyridine rings is 2. The molecule has 0 saturated heterocycles. The van der Waals surface area contributed by atoms with Crippen molar-refractivity contribution >= 4 is 22.4 Å². The first-order valence-corrected chi connectivity index (χ1v) is 8.25. The molecule has 0 aliphatic heterocycles. The minimum Gasteiger partial charge on any atom is -0.345 e. The van der Waals surface area contributed by atoms with E-state index in [0.29, 0.717) is 6.04 Å². The summed E-state index contributed by atoms with van der Waals surface area (Å²) in [6.07, 6.45) is 10.2. The topological polar surface area (TPSA) is 42.7 Å². The van der Waals surface area contributed by atoms with Gasteiger partial charge < -0.3 is 9.88 Å². The zero-order valence-corrected chi connectivity index (χ0v) is 14.3. The molecule has 3 rings (SSSR count). The van der Waals surface area contributed by atoms with Crippen LogP contribution < -0.4 is 5.32 Å². The van der Waals surface area contributed by atoms with E-state index >= 15 is 0 Å². The largest absolute Gasteiger partial charge is 0.345 e. The van der Waals surface area contributed by atoms with Crippen LogP contribution >= 0.6 is 0 Å². The molecular weight excluding hydrogens is 284 g/mol. The molecule has 4 nitrogen and oxygen atoms in total. The molecule has 3 heterocycles. The Morgan fingerprint density at radius 2 is 1.91 bits per heavy atom. The molecule has 120 valence electrons. The Bertz CT molecular complexity index is 799. The number of hydrogen-bond acceptors (Lipinski definition) is 3. The van der Waals surface area contributed by atoms with Gasteiger partial charge in [-0.25, -0.2) is 4.98 Å². The van der Waals surface area contributed by atoms with Crippen LogP contribution in [0.2, 0.25) is 0 Å². The van der Waals surface area contributed by atoms with Gasteiger partial charge in [-0.15, -0.1) is 0 Å². The van der Waals surface area contributed by atoms with E-state index in [2.05, 4.69) is 65.9 Å². The fourth-order valence-electron chi connectivity index (χ4n) is 3.15. The Morgan fingerprint density at radius 3 is 2.61 bits per heavy atom. The van der Waals surface area contributed by atoms with Crippen molar-refractivity contribution in [1.82, 2.24) is 14.5 Å². The molecule has 0 amide bonds. The Kier molecular flexibility index (Phi) is 4.33. The molecule has 0 aromatic carbocycles. The standard InChI is InChI=1S/C19H24N4/c1-5-6-15(4)23-10-8-16-17(23)7-9-21-19(16)22-18-13(2)11-20-12-14(18)3/h7-12,15H,5-6H2,1-4H3,(H,20,21,22). The molecule has 4 heteroatoms. The monoisotopic (exact) mass is 308 g/mol. The maximum Gasteiger partial charge on any atom is 0.139 e. The highest BCUT2D eigenvalue weighted by Gasteiger charge is 2.12. The SMILES string of the molecule is CCCC(C)n1ccc2c(Nc3c(C)cncc3C)nccc21. The van der Waals surface area contributed by atoms with E-state index in [4.69, 9.17) is 0 Å². The van der Waals surface area contributed by atoms with Crippen LogP contribution in [-0.4, -0.2) is 14.5 Å². The third-order valence-electron chi connectivity index (χ3n) is 4.40. The van der Waals surface area contributed by atoms with Gasteiger partial charge >= 0.3 is 0 Å². The predicted octanol–water partition coefficient (Wildman–Crippen LogP) is 5.15. The Morgan fingerprint density at radius 1 is 1.17 bits per heavy atom. The normalized spacial score (nSPS) is 12.5. The summed E-state index contributed by atoms with van der Waals surface area (Å²) in [5.41, 5.74) is 4.58. The lowest BCUT2D eigenvalue weighted by Crippen LogP contribution is -2.03. The van der Waals surface area contributed by atoms with Gasteiger partial charge in [-0.05, 0) is 50.5 Å². The van der Waals surface area contributed by atoms with Gasteiger partial charge in [0.05, 0.1) is 5.52 Å². The average molecular weight is 308 g/mol. The number of rotatable bonds is 5. The predicted molar refractivity (Wildman–Crippen MR) is 96.3 cm³/mol. The Hall–Kier alpha value is -2.36. The maximum atomic E-state index is 4.56. The van der Waals surface area contributed by atoms with Crippen LogP contribution in [-0.2, 0) is 0 Å². The molecule has 0 radical (unpaired) electrons. The van der Waals surface area contributed by atoms with Gasteiger partial charge in [0, 0.05) is 41.9 Å². The molecule has 0 aliphatic carbocycles. The number of aryl methyl sites for hydroxylation is 2. The van der Waals surface area contributed by atoms with Crippen molar-refractivity contribution in [2.75, 3.05) is 5.32 Å². The number of anilines is 2. The van der Waals surface area contributed by atoms with Gasteiger partial charge in [-0.3, -0.25) is 4.98 Å². The molecule has 1 atom stereocenters. The van der Waals surface area contributed by atoms with Crippen LogP contribution in [0.5, 0.6) is 0 Å². The van der Waals surface area contributed by atoms with Crippen LogP contribution in [0.25, 0.3) is 10.9 Å². The van der Waals surface area contributed by atoms with Crippen molar-refractivity contribution in [3.05, 3.63) is 48.0 Å². The summed E-state index contributed by atoms with van der Waals surface area (Å²) in [6.45, 7) is 8.63. The molecule has 0 spiro atoms. The highest BCUT2D eigenvalue weighted by Crippen LogP contribution is 2.30. The van der Waals surface area contributed by atoms with Crippen LogP contribution in [0.1, 0.15) is 43.9 Å². The minimum absolute atomic E-state index is 0.497. The van der Waals surface area contributed by atoms with Crippen molar-refractivity contribution in [1.29, 1.82) is 0 Å². The molecule has 0 saturated carbocycles. The van der Waals surface area contributed by atoms with Crippen LogP contribution in [0.4, 0.5) is 11.5 Å². The molecule has 1 unspecified atom stereocenters. The Labute approximate surface area is 137 Å². The molecular formula is C19H24N4. The second-order valence-corrected chi connectivity index (χ2v) is 6.23. The zero-order chi connectivity index (χ0) is 16.4. The molecule has 0 bridgehead atoms. The number of nitrogens with one attached hydrogen (secondary N) is 1. The van der Waals surface area contributed by atoms with Gasteiger partial charge in [-0.1, -0.05) is 13.3 Å². The van der Waals surface area contributed by atoms with E-state index in [1.54, 1.807) is 0 Å². The summed E-state index contributed by atoms with van der Waals surface area (Å²) in [7, 11) is 0. The van der Waals surface area contributed by atoms with E-state index in [-0.39, 0.29) is 0 Å². The van der Waals surface area contributed by atoms with Gasteiger partial charge in [0.1, 0.15) is 5.82 Å². The fourth-order valence-corrected chi connectivity index (χ4v) is 3.15. The molecule has 0 aliphatic rings. The average Bonchev–Trinajstić information content (AvgIpc) is 2.96. The van der Waals surface area contributed by atoms with Gasteiger partial charge in [0.15, 0.2) is 0 Å². The van der Waals surface area contributed by atoms with Gasteiger partial charge in [0.2, 0.25) is 0 Å². The van der Waals surface area contributed by atoms with E-state index in [1.165, 1.54) is 18.4 Å². The zero-order valence-electron chi connectivity index (χ0n) is 14.3. The molecule has 1 N–H and O–H groups in total. The first-order chi connectivity index (χ1) is 11.1. The van der Waals surface area contributed by atoms with Crippen molar-refractivity contribution in [2.45, 2.75) is 46.6 Å². The van der Waals surface area contributed by atoms with Crippen molar-refractivity contribution in [3.63, 3.8) is 0 Å². The summed E-state index contributed by atoms with van der Waals surface area (Å²) >= 11 is 0. The van der Waals surface area contributed by atoms with E-state index in [1.807, 2.05) is 18.6 Å². The minimum atomic E-state index is 0.497. The molecule has 23 heavy (non-hydrogen) atoms. The van der Waals surface area contributed by atoms with E-state index in [9.17, 15) is 0 Å². The van der Waals surface area contributed by atoms with Crippen molar-refractivity contribution in [3.8, 4) is 0 Å². The Balaban J connectivity index is 2.03. The maximum absolute atomic E-state index is 4.56. The first-order valence-electron chi connectivity index (χ1n) is 8.25. The highest BCUT2D eigenvalue weighted by atomic mass is 15.0. The van der Waals surface area contributed by atoms with Gasteiger partial charge in [-0.2, -0.15) is 0 Å². The van der Waals surface area contributed by atoms with Crippen LogP contribution in [0.15, 0.2) is 36.9 Å². The summed E-state index contributed by atoms with van der Waals surface area (Å²) in [6, 6.07) is 4.75. The second kappa shape index (κ2) is 6.41. The number of fused-ring (bicyclic) bond motifs is 1. The summed E-state index contributed by atoms with van der Waals surface area (Å²) in [4.78, 5) is 8.79. The number of hydrogen-bond donors (Lipinski definition) is 1. The van der Waals surface area contributed by atoms with Gasteiger partial charge in [0.25, 0.3) is 0 Å². The highest BCUT2D eigenvalue weighted by molar-refractivity contribution is 5.92. The lowest BCUT2D eigenvalue weighted by atomic mass is 10.1. The lowest BCUT2D eigenvalue weighted by molar-refractivity contribution is 0.515. The van der Waals surface area contributed by atoms with E-state index < -0.39 is 0 Å². The summed E-state index contributed by atoms with van der Waals surface area (Å²) in [5, 5.41) is 4.66. The molecule has 0 fully saturated rings. The summed E-state index contributed by atoms with van der Waals surface area (Å²) < 4.78 is 2.35. The van der Waals surface area contributed by atoms with E-state index in [0.717, 1.165) is 28.0 Å². The fraction of sp³-hybridized carbons (Fsp3) is 0.368. The second-order valence-electron chi connectivity index (χ2n) is 6.23. The summed E-state index contributed by atoms with van der Waals surface area (Å²) in [5.74, 6) is 0.905. The number of nitrogens with zero attached hydrogens (tertiary/aromatic N) is 3. The molecule has 3 aromatic rings. The van der Waals surface area contributed by atoms with Crippen molar-refractivity contribution < 1.29 is 0 Å². The third kappa shape index (κ3) is 2.93. The lowest BCUT2D eigenvalue weighted by Gasteiger charge is -2.15. The first kappa shape index (κ1) is 15.5. The van der Waals surface area contributed by atoms with Crippen LogP contribution in [0.3, 0.4) is 0 Å². The number of aromatic nitrogens is 3. The van der Waals surface area contributed by atoms with Crippen molar-refractivity contribution in [2.24, 2.45) is 0 Å². The van der Waals surface area contributed by atoms with Crippen LogP contribution in [0, 0.1) is 13.8 Å².